The summed E-state index contributed by atoms with van der Waals surface area (Å²) in [4.78, 5) is 0. The number of rotatable bonds is 2. The van der Waals surface area contributed by atoms with E-state index in [-0.39, 0.29) is 5.56 Å². The Morgan fingerprint density at radius 1 is 1.43 bits per heavy atom. The molecule has 0 saturated carbocycles. The van der Waals surface area contributed by atoms with Crippen molar-refractivity contribution in [2.24, 2.45) is 0 Å². The van der Waals surface area contributed by atoms with E-state index in [2.05, 4.69) is 5.92 Å². The lowest BCUT2D eigenvalue weighted by Gasteiger charge is -2.00. The molecule has 0 aromatic heterocycles. The molecule has 1 rings (SSSR count). The minimum absolute atomic E-state index is 0.250. The fourth-order valence-electron chi connectivity index (χ4n) is 1.08. The Morgan fingerprint density at radius 3 is 2.57 bits per heavy atom. The van der Waals surface area contributed by atoms with Crippen LogP contribution in [-0.4, -0.2) is 8.42 Å². The van der Waals surface area contributed by atoms with Gasteiger partial charge in [0.1, 0.15) is 5.75 Å². The summed E-state index contributed by atoms with van der Waals surface area (Å²) in [6, 6.07) is 4.29. The van der Waals surface area contributed by atoms with Crippen molar-refractivity contribution in [1.82, 2.24) is 0 Å². The molecule has 0 fully saturated rings. The Labute approximate surface area is 82.0 Å². The number of hydrogen-bond donors (Lipinski definition) is 1. The van der Waals surface area contributed by atoms with Gasteiger partial charge in [0.25, 0.3) is 0 Å². The average Bonchev–Trinajstić information content (AvgIpc) is 1.99. The molecule has 2 N–H and O–H groups in total. The quantitative estimate of drug-likeness (QED) is 0.454. The summed E-state index contributed by atoms with van der Waals surface area (Å²) >= 11 is 0. The molecule has 14 heavy (non-hydrogen) atoms. The third kappa shape index (κ3) is 3.07. The van der Waals surface area contributed by atoms with Crippen LogP contribution in [0.1, 0.15) is 11.1 Å². The highest BCUT2D eigenvalue weighted by Gasteiger charge is 2.09. The van der Waals surface area contributed by atoms with Gasteiger partial charge in [-0.1, -0.05) is 5.92 Å². The maximum atomic E-state index is 12.3. The molecule has 5 heteroatoms. The number of nitrogens with two attached hydrogens (primary N) is 1. The van der Waals surface area contributed by atoms with Crippen LogP contribution in [-0.2, 0) is 16.0 Å². The average molecular weight is 213 g/mol. The molecule has 0 spiro atoms. The maximum Gasteiger partial charge on any atom is 0.306 e. The van der Waals surface area contributed by atoms with E-state index < -0.39 is 16.0 Å². The monoisotopic (exact) mass is 213 g/mol. The maximum absolute atomic E-state index is 12.3. The molecule has 0 aliphatic heterocycles. The van der Waals surface area contributed by atoms with E-state index in [0.717, 1.165) is 0 Å². The smallest absolute Gasteiger partial charge is 0.306 e. The van der Waals surface area contributed by atoms with Gasteiger partial charge < -0.3 is 5.73 Å². The molecule has 0 amide bonds. The summed E-state index contributed by atoms with van der Waals surface area (Å²) in [6.45, 7) is 0. The van der Waals surface area contributed by atoms with Crippen LogP contribution in [0, 0.1) is 12.3 Å². The second-order valence-electron chi connectivity index (χ2n) is 2.79. The Bertz CT molecular complexity index is 488. The summed E-state index contributed by atoms with van der Waals surface area (Å²) in [5.74, 6) is 1.60. The Morgan fingerprint density at radius 2 is 2.07 bits per heavy atom. The molecule has 0 atom stereocenters. The van der Waals surface area contributed by atoms with Gasteiger partial charge in [0.2, 0.25) is 0 Å². The lowest BCUT2D eigenvalue weighted by Crippen LogP contribution is -1.98. The van der Waals surface area contributed by atoms with Crippen LogP contribution >= 0.6 is 0 Å². The van der Waals surface area contributed by atoms with Crippen molar-refractivity contribution in [1.29, 1.82) is 0 Å². The predicted molar refractivity (Wildman–Crippen MR) is 52.5 cm³/mol. The van der Waals surface area contributed by atoms with Crippen molar-refractivity contribution in [2.45, 2.75) is 5.75 Å². The third-order valence-electron chi connectivity index (χ3n) is 1.52. The first-order chi connectivity index (χ1) is 6.40. The third-order valence-corrected chi connectivity index (χ3v) is 2.20. The van der Waals surface area contributed by atoms with Crippen LogP contribution < -0.4 is 5.73 Å². The standard InChI is InChI=1S/C9H8FNO2S/c1-2-7-3-8(5-9(11)4-7)6-14(10,12)13/h1,3-5H,6,11H2. The Hall–Kier alpha value is -1.54. The zero-order valence-electron chi connectivity index (χ0n) is 7.20. The van der Waals surface area contributed by atoms with Crippen LogP contribution in [0.15, 0.2) is 18.2 Å². The molecule has 3 nitrogen and oxygen atoms in total. The van der Waals surface area contributed by atoms with Gasteiger partial charge in [0.05, 0.1) is 0 Å². The molecule has 0 bridgehead atoms. The van der Waals surface area contributed by atoms with Gasteiger partial charge in [-0.05, 0) is 23.8 Å². The summed E-state index contributed by atoms with van der Waals surface area (Å²) in [7, 11) is -4.54. The fourth-order valence-corrected chi connectivity index (χ4v) is 1.65. The second kappa shape index (κ2) is 3.68. The number of terminal acetylenes is 1. The van der Waals surface area contributed by atoms with E-state index in [4.69, 9.17) is 12.2 Å². The molecular formula is C9H8FNO2S. The number of anilines is 1. The SMILES string of the molecule is C#Cc1cc(N)cc(CS(=O)(=O)F)c1. The minimum atomic E-state index is -4.54. The zero-order valence-corrected chi connectivity index (χ0v) is 8.01. The van der Waals surface area contributed by atoms with Crippen molar-refractivity contribution in [2.75, 3.05) is 5.73 Å². The molecule has 0 aliphatic rings. The molecular weight excluding hydrogens is 205 g/mol. The van der Waals surface area contributed by atoms with Gasteiger partial charge in [-0.2, -0.15) is 8.42 Å². The van der Waals surface area contributed by atoms with Gasteiger partial charge >= 0.3 is 10.2 Å². The zero-order chi connectivity index (χ0) is 10.8. The van der Waals surface area contributed by atoms with Gasteiger partial charge in [0, 0.05) is 11.3 Å². The highest BCUT2D eigenvalue weighted by Crippen LogP contribution is 2.14. The lowest BCUT2D eigenvalue weighted by molar-refractivity contribution is 0.551. The Kier molecular flexibility index (Phi) is 2.77. The first-order valence-corrected chi connectivity index (χ1v) is 5.24. The molecule has 1 aromatic carbocycles. The highest BCUT2D eigenvalue weighted by molar-refractivity contribution is 7.85. The molecule has 74 valence electrons. The molecule has 0 unspecified atom stereocenters. The van der Waals surface area contributed by atoms with Crippen molar-refractivity contribution in [3.63, 3.8) is 0 Å². The van der Waals surface area contributed by atoms with Crippen LogP contribution in [0.3, 0.4) is 0 Å². The van der Waals surface area contributed by atoms with E-state index in [1.165, 1.54) is 18.2 Å². The molecule has 0 saturated heterocycles. The molecule has 1 aromatic rings. The number of halogens is 1. The number of hydrogen-bond acceptors (Lipinski definition) is 3. The van der Waals surface area contributed by atoms with Crippen molar-refractivity contribution in [3.8, 4) is 12.3 Å². The van der Waals surface area contributed by atoms with Crippen molar-refractivity contribution in [3.05, 3.63) is 29.3 Å². The Balaban J connectivity index is 3.12. The highest BCUT2D eigenvalue weighted by atomic mass is 32.3. The van der Waals surface area contributed by atoms with Gasteiger partial charge in [-0.3, -0.25) is 0 Å². The first kappa shape index (κ1) is 10.5. The van der Waals surface area contributed by atoms with Gasteiger partial charge in [0.15, 0.2) is 0 Å². The fraction of sp³-hybridized carbons (Fsp3) is 0.111. The largest absolute Gasteiger partial charge is 0.399 e. The van der Waals surface area contributed by atoms with E-state index in [1.54, 1.807) is 0 Å². The predicted octanol–water partition coefficient (Wildman–Crippen LogP) is 1.05. The molecule has 0 heterocycles. The van der Waals surface area contributed by atoms with Crippen LogP contribution in [0.5, 0.6) is 0 Å². The lowest BCUT2D eigenvalue weighted by atomic mass is 10.1. The van der Waals surface area contributed by atoms with Crippen LogP contribution in [0.25, 0.3) is 0 Å². The van der Waals surface area contributed by atoms with Crippen molar-refractivity contribution >= 4 is 15.9 Å². The van der Waals surface area contributed by atoms with Crippen molar-refractivity contribution < 1.29 is 12.3 Å². The van der Waals surface area contributed by atoms with E-state index in [1.807, 2.05) is 0 Å². The van der Waals surface area contributed by atoms with Crippen LogP contribution in [0.2, 0.25) is 0 Å². The second-order valence-corrected chi connectivity index (χ2v) is 4.16. The minimum Gasteiger partial charge on any atom is -0.399 e. The molecule has 0 radical (unpaired) electrons. The first-order valence-electron chi connectivity index (χ1n) is 3.69. The number of benzene rings is 1. The summed E-state index contributed by atoms with van der Waals surface area (Å²) in [5.41, 5.74) is 6.44. The number of nitrogen functional groups attached to an aromatic ring is 1. The summed E-state index contributed by atoms with van der Waals surface area (Å²) < 4.78 is 33.0. The normalized spacial score (nSPS) is 10.9. The van der Waals surface area contributed by atoms with Gasteiger partial charge in [-0.15, -0.1) is 10.3 Å². The van der Waals surface area contributed by atoms with Crippen LogP contribution in [0.4, 0.5) is 9.57 Å². The topological polar surface area (TPSA) is 60.2 Å². The van der Waals surface area contributed by atoms with Gasteiger partial charge in [-0.25, -0.2) is 0 Å². The van der Waals surface area contributed by atoms with E-state index in [0.29, 0.717) is 11.3 Å². The van der Waals surface area contributed by atoms with E-state index >= 15 is 0 Å². The summed E-state index contributed by atoms with van der Waals surface area (Å²) in [6.07, 6.45) is 5.10. The summed E-state index contributed by atoms with van der Waals surface area (Å²) in [5, 5.41) is 0. The molecule has 0 aliphatic carbocycles. The van der Waals surface area contributed by atoms with E-state index in [9.17, 15) is 12.3 Å².